The molecule has 5 heteroatoms. The molecule has 0 aromatic carbocycles. The number of fused-ring (bicyclic) bond motifs is 6. The molecule has 0 radical (unpaired) electrons. The third-order valence-electron chi connectivity index (χ3n) is 6.03. The lowest BCUT2D eigenvalue weighted by atomic mass is 9.70. The normalized spacial score (nSPS) is 48.7. The summed E-state index contributed by atoms with van der Waals surface area (Å²) in [6.45, 7) is 2.85. The Kier molecular flexibility index (Phi) is 3.05. The van der Waals surface area contributed by atoms with Crippen LogP contribution in [0.4, 0.5) is 0 Å². The SMILES string of the molecule is O=C1C(O)CCC2C3CC(CN12)C1CC(O)CCN1C3. The van der Waals surface area contributed by atoms with Crippen LogP contribution in [0.2, 0.25) is 0 Å². The van der Waals surface area contributed by atoms with Crippen LogP contribution in [-0.2, 0) is 4.79 Å². The molecule has 4 heterocycles. The molecular formula is C15H24N2O3. The molecule has 0 aromatic heterocycles. The molecule has 0 saturated carbocycles. The first-order chi connectivity index (χ1) is 9.63. The van der Waals surface area contributed by atoms with Gasteiger partial charge in [0.2, 0.25) is 0 Å². The largest absolute Gasteiger partial charge is 0.393 e. The first-order valence-electron chi connectivity index (χ1n) is 8.04. The second-order valence-corrected chi connectivity index (χ2v) is 7.15. The number of aliphatic hydroxyl groups is 2. The first kappa shape index (κ1) is 13.0. The van der Waals surface area contributed by atoms with Crippen LogP contribution in [-0.4, -0.2) is 69.8 Å². The summed E-state index contributed by atoms with van der Waals surface area (Å²) < 4.78 is 0. The van der Waals surface area contributed by atoms with E-state index < -0.39 is 6.10 Å². The van der Waals surface area contributed by atoms with Crippen molar-refractivity contribution in [3.8, 4) is 0 Å². The molecule has 6 atom stereocenters. The Labute approximate surface area is 119 Å². The Morgan fingerprint density at radius 2 is 1.75 bits per heavy atom. The molecule has 20 heavy (non-hydrogen) atoms. The molecule has 0 aromatic rings. The van der Waals surface area contributed by atoms with E-state index in [1.165, 1.54) is 6.42 Å². The number of hydrogen-bond donors (Lipinski definition) is 2. The minimum atomic E-state index is -0.780. The van der Waals surface area contributed by atoms with E-state index in [1.54, 1.807) is 0 Å². The molecule has 0 spiro atoms. The molecule has 4 fully saturated rings. The highest BCUT2D eigenvalue weighted by Gasteiger charge is 2.50. The molecule has 4 aliphatic rings. The van der Waals surface area contributed by atoms with Gasteiger partial charge in [-0.05, 0) is 43.9 Å². The van der Waals surface area contributed by atoms with Crippen molar-refractivity contribution in [1.82, 2.24) is 9.80 Å². The molecule has 1 amide bonds. The van der Waals surface area contributed by atoms with E-state index in [0.717, 1.165) is 38.9 Å². The summed E-state index contributed by atoms with van der Waals surface area (Å²) in [4.78, 5) is 16.7. The summed E-state index contributed by atoms with van der Waals surface area (Å²) in [5.74, 6) is 0.992. The molecule has 112 valence electrons. The topological polar surface area (TPSA) is 64.0 Å². The first-order valence-corrected chi connectivity index (χ1v) is 8.04. The molecular weight excluding hydrogens is 256 g/mol. The van der Waals surface area contributed by atoms with Gasteiger partial charge in [0.1, 0.15) is 6.10 Å². The lowest BCUT2D eigenvalue weighted by Crippen LogP contribution is -2.66. The van der Waals surface area contributed by atoms with Crippen LogP contribution >= 0.6 is 0 Å². The van der Waals surface area contributed by atoms with Crippen LogP contribution in [0.15, 0.2) is 0 Å². The van der Waals surface area contributed by atoms with E-state index in [4.69, 9.17) is 0 Å². The predicted molar refractivity (Wildman–Crippen MR) is 72.9 cm³/mol. The van der Waals surface area contributed by atoms with Crippen molar-refractivity contribution in [3.05, 3.63) is 0 Å². The molecule has 4 rings (SSSR count). The van der Waals surface area contributed by atoms with Crippen molar-refractivity contribution in [3.63, 3.8) is 0 Å². The molecule has 2 N–H and O–H groups in total. The summed E-state index contributed by atoms with van der Waals surface area (Å²) in [5, 5.41) is 19.7. The fourth-order valence-electron chi connectivity index (χ4n) is 5.07. The maximum atomic E-state index is 12.2. The molecule has 2 bridgehead atoms. The fourth-order valence-corrected chi connectivity index (χ4v) is 5.07. The number of amides is 1. The number of aliphatic hydroxyl groups excluding tert-OH is 2. The highest BCUT2D eigenvalue weighted by atomic mass is 16.3. The number of rotatable bonds is 0. The lowest BCUT2D eigenvalue weighted by Gasteiger charge is -2.57. The molecule has 4 saturated heterocycles. The Hall–Kier alpha value is -0.650. The van der Waals surface area contributed by atoms with Crippen molar-refractivity contribution in [2.24, 2.45) is 11.8 Å². The maximum absolute atomic E-state index is 12.2. The number of nitrogens with zero attached hydrogens (tertiary/aromatic N) is 2. The lowest BCUT2D eigenvalue weighted by molar-refractivity contribution is -0.161. The maximum Gasteiger partial charge on any atom is 0.251 e. The van der Waals surface area contributed by atoms with Gasteiger partial charge >= 0.3 is 0 Å². The predicted octanol–water partition coefficient (Wildman–Crippen LogP) is -0.187. The van der Waals surface area contributed by atoms with Crippen molar-refractivity contribution in [2.45, 2.75) is 56.4 Å². The highest BCUT2D eigenvalue weighted by molar-refractivity contribution is 5.82. The van der Waals surface area contributed by atoms with E-state index in [1.807, 2.05) is 4.90 Å². The Morgan fingerprint density at radius 3 is 2.60 bits per heavy atom. The van der Waals surface area contributed by atoms with Gasteiger partial charge in [0.25, 0.3) is 5.91 Å². The van der Waals surface area contributed by atoms with Crippen molar-refractivity contribution < 1.29 is 15.0 Å². The Balaban J connectivity index is 1.58. The van der Waals surface area contributed by atoms with Crippen LogP contribution in [0.5, 0.6) is 0 Å². The van der Waals surface area contributed by atoms with Crippen LogP contribution in [0.3, 0.4) is 0 Å². The van der Waals surface area contributed by atoms with E-state index >= 15 is 0 Å². The van der Waals surface area contributed by atoms with Crippen molar-refractivity contribution in [1.29, 1.82) is 0 Å². The van der Waals surface area contributed by atoms with Crippen LogP contribution in [0.25, 0.3) is 0 Å². The number of hydrogen-bond acceptors (Lipinski definition) is 4. The van der Waals surface area contributed by atoms with Gasteiger partial charge in [-0.1, -0.05) is 0 Å². The number of carbonyl (C=O) groups is 1. The average Bonchev–Trinajstić information content (AvgIpc) is 2.44. The average molecular weight is 280 g/mol. The molecule has 6 unspecified atom stereocenters. The fraction of sp³-hybridized carbons (Fsp3) is 0.933. The summed E-state index contributed by atoms with van der Waals surface area (Å²) in [6, 6.07) is 0.776. The summed E-state index contributed by atoms with van der Waals surface area (Å²) in [5.41, 5.74) is 0. The molecule has 5 nitrogen and oxygen atoms in total. The minimum Gasteiger partial charge on any atom is -0.393 e. The van der Waals surface area contributed by atoms with Crippen LogP contribution < -0.4 is 0 Å². The second kappa shape index (κ2) is 4.68. The number of carbonyl (C=O) groups excluding carboxylic acids is 1. The molecule has 4 aliphatic heterocycles. The zero-order valence-electron chi connectivity index (χ0n) is 11.8. The summed E-state index contributed by atoms with van der Waals surface area (Å²) >= 11 is 0. The molecule has 0 aliphatic carbocycles. The Morgan fingerprint density at radius 1 is 0.950 bits per heavy atom. The van der Waals surface area contributed by atoms with Crippen molar-refractivity contribution in [2.75, 3.05) is 19.6 Å². The van der Waals surface area contributed by atoms with E-state index in [-0.39, 0.29) is 12.0 Å². The van der Waals surface area contributed by atoms with Gasteiger partial charge < -0.3 is 15.1 Å². The standard InChI is InChI=1S/C15H24N2O3/c18-11-3-4-16-7-9-5-10(13(16)6-11)8-17-12(9)1-2-14(19)15(17)20/h9-14,18-19H,1-8H2. The van der Waals surface area contributed by atoms with Gasteiger partial charge in [-0.3, -0.25) is 9.69 Å². The van der Waals surface area contributed by atoms with Gasteiger partial charge in [-0.2, -0.15) is 0 Å². The van der Waals surface area contributed by atoms with Gasteiger partial charge in [0, 0.05) is 31.7 Å². The van der Waals surface area contributed by atoms with E-state index in [9.17, 15) is 15.0 Å². The zero-order valence-corrected chi connectivity index (χ0v) is 11.8. The monoisotopic (exact) mass is 280 g/mol. The number of piperidine rings is 4. The minimum absolute atomic E-state index is 0.0549. The van der Waals surface area contributed by atoms with Gasteiger partial charge in [0.05, 0.1) is 6.10 Å². The van der Waals surface area contributed by atoms with Crippen LogP contribution in [0, 0.1) is 11.8 Å². The zero-order chi connectivity index (χ0) is 13.9. The highest BCUT2D eigenvalue weighted by Crippen LogP contribution is 2.42. The summed E-state index contributed by atoms with van der Waals surface area (Å²) in [6.07, 6.45) is 3.56. The van der Waals surface area contributed by atoms with Gasteiger partial charge in [-0.25, -0.2) is 0 Å². The third kappa shape index (κ3) is 1.90. The van der Waals surface area contributed by atoms with Crippen LogP contribution in [0.1, 0.15) is 32.1 Å². The van der Waals surface area contributed by atoms with Gasteiger partial charge in [-0.15, -0.1) is 0 Å². The smallest absolute Gasteiger partial charge is 0.251 e. The van der Waals surface area contributed by atoms with E-state index in [0.29, 0.717) is 30.3 Å². The quantitative estimate of drug-likeness (QED) is 0.646. The van der Waals surface area contributed by atoms with Gasteiger partial charge in [0.15, 0.2) is 0 Å². The summed E-state index contributed by atoms with van der Waals surface area (Å²) in [7, 11) is 0. The second-order valence-electron chi connectivity index (χ2n) is 7.15. The Bertz CT molecular complexity index is 416. The van der Waals surface area contributed by atoms with E-state index in [2.05, 4.69) is 4.90 Å². The third-order valence-corrected chi connectivity index (χ3v) is 6.03. The van der Waals surface area contributed by atoms with Crippen molar-refractivity contribution >= 4 is 5.91 Å².